The number of para-hydroxylation sites is 1. The Morgan fingerprint density at radius 1 is 1.22 bits per heavy atom. The van der Waals surface area contributed by atoms with Crippen LogP contribution in [0.3, 0.4) is 0 Å². The van der Waals surface area contributed by atoms with E-state index in [2.05, 4.69) is 4.72 Å². The van der Waals surface area contributed by atoms with Gasteiger partial charge >= 0.3 is 0 Å². The van der Waals surface area contributed by atoms with Crippen LogP contribution >= 0.6 is 11.6 Å². The van der Waals surface area contributed by atoms with Gasteiger partial charge in [-0.05, 0) is 12.1 Å². The maximum Gasteiger partial charge on any atom is 0.233 e. The van der Waals surface area contributed by atoms with E-state index in [-0.39, 0.29) is 16.4 Å². The van der Waals surface area contributed by atoms with E-state index in [1.807, 2.05) is 0 Å². The quantitative estimate of drug-likeness (QED) is 0.779. The largest absolute Gasteiger partial charge is 0.397 e. The molecule has 0 aromatic heterocycles. The van der Waals surface area contributed by atoms with Crippen LogP contribution in [0.4, 0.5) is 11.4 Å². The Morgan fingerprint density at radius 2 is 1.83 bits per heavy atom. The topological polar surface area (TPSA) is 106 Å². The molecule has 1 aromatic rings. The van der Waals surface area contributed by atoms with E-state index in [9.17, 15) is 16.8 Å². The first-order valence-electron chi connectivity index (χ1n) is 4.83. The number of halogens is 1. The molecule has 0 spiro atoms. The highest BCUT2D eigenvalue weighted by atomic mass is 35.5. The van der Waals surface area contributed by atoms with Crippen molar-refractivity contribution in [2.24, 2.45) is 0 Å². The van der Waals surface area contributed by atoms with Crippen LogP contribution in [0.2, 0.25) is 5.02 Å². The fraction of sp³-hybridized carbons (Fsp3) is 0.333. The standard InChI is InChI=1S/C9H13ClN2O4S2/c1-17(13,14)5-6-18(15,16)12-9-7(10)3-2-4-8(9)11/h2-4,12H,5-6,11H2,1H3. The molecule has 0 fully saturated rings. The Kier molecular flexibility index (Phi) is 4.46. The third kappa shape index (κ3) is 4.71. The molecule has 1 aromatic carbocycles. The molecule has 0 saturated heterocycles. The Bertz CT molecular complexity index is 620. The van der Waals surface area contributed by atoms with Gasteiger partial charge in [-0.15, -0.1) is 0 Å². The Balaban J connectivity index is 2.90. The predicted molar refractivity (Wildman–Crippen MR) is 73.0 cm³/mol. The minimum atomic E-state index is -3.81. The van der Waals surface area contributed by atoms with Crippen LogP contribution in [0.15, 0.2) is 18.2 Å². The summed E-state index contributed by atoms with van der Waals surface area (Å²) < 4.78 is 47.3. The third-order valence-corrected chi connectivity index (χ3v) is 4.80. The molecule has 0 saturated carbocycles. The van der Waals surface area contributed by atoms with E-state index in [0.717, 1.165) is 6.26 Å². The molecule has 6 nitrogen and oxygen atoms in total. The first kappa shape index (κ1) is 15.1. The van der Waals surface area contributed by atoms with Gasteiger partial charge in [-0.25, -0.2) is 16.8 Å². The SMILES string of the molecule is CS(=O)(=O)CCS(=O)(=O)Nc1c(N)cccc1Cl. The highest BCUT2D eigenvalue weighted by molar-refractivity contribution is 7.95. The van der Waals surface area contributed by atoms with Crippen LogP contribution in [-0.2, 0) is 19.9 Å². The second kappa shape index (κ2) is 5.33. The molecule has 0 heterocycles. The fourth-order valence-electron chi connectivity index (χ4n) is 1.12. The number of nitrogens with one attached hydrogen (secondary N) is 1. The molecule has 0 amide bonds. The highest BCUT2D eigenvalue weighted by Crippen LogP contribution is 2.28. The van der Waals surface area contributed by atoms with E-state index in [0.29, 0.717) is 0 Å². The van der Waals surface area contributed by atoms with Crippen LogP contribution in [0.1, 0.15) is 0 Å². The number of nitrogen functional groups attached to an aromatic ring is 1. The molecule has 0 aliphatic heterocycles. The molecule has 0 atom stereocenters. The highest BCUT2D eigenvalue weighted by Gasteiger charge is 2.17. The lowest BCUT2D eigenvalue weighted by atomic mass is 10.3. The minimum Gasteiger partial charge on any atom is -0.397 e. The van der Waals surface area contributed by atoms with Crippen molar-refractivity contribution in [2.45, 2.75) is 0 Å². The lowest BCUT2D eigenvalue weighted by Crippen LogP contribution is -2.23. The Labute approximate surface area is 111 Å². The van der Waals surface area contributed by atoms with Crippen LogP contribution < -0.4 is 10.5 Å². The number of hydrogen-bond donors (Lipinski definition) is 2. The number of anilines is 2. The van der Waals surface area contributed by atoms with Crippen molar-refractivity contribution >= 4 is 42.8 Å². The van der Waals surface area contributed by atoms with Gasteiger partial charge in [-0.2, -0.15) is 0 Å². The van der Waals surface area contributed by atoms with E-state index in [4.69, 9.17) is 17.3 Å². The van der Waals surface area contributed by atoms with Gasteiger partial charge in [0.05, 0.1) is 27.9 Å². The lowest BCUT2D eigenvalue weighted by Gasteiger charge is -2.11. The average molecular weight is 313 g/mol. The monoisotopic (exact) mass is 312 g/mol. The molecule has 0 aliphatic rings. The molecule has 102 valence electrons. The predicted octanol–water partition coefficient (Wildman–Crippen LogP) is 0.709. The number of rotatable bonds is 5. The van der Waals surface area contributed by atoms with E-state index >= 15 is 0 Å². The Morgan fingerprint density at radius 3 is 2.33 bits per heavy atom. The number of benzene rings is 1. The molecule has 9 heteroatoms. The summed E-state index contributed by atoms with van der Waals surface area (Å²) >= 11 is 5.80. The van der Waals surface area contributed by atoms with Gasteiger partial charge in [0.15, 0.2) is 0 Å². The van der Waals surface area contributed by atoms with Gasteiger partial charge in [-0.1, -0.05) is 17.7 Å². The summed E-state index contributed by atoms with van der Waals surface area (Å²) in [5.74, 6) is -1.01. The van der Waals surface area contributed by atoms with Crippen molar-refractivity contribution < 1.29 is 16.8 Å². The second-order valence-corrected chi connectivity index (χ2v) is 8.26. The van der Waals surface area contributed by atoms with Gasteiger partial charge < -0.3 is 5.73 Å². The van der Waals surface area contributed by atoms with Crippen molar-refractivity contribution in [2.75, 3.05) is 28.2 Å². The molecule has 18 heavy (non-hydrogen) atoms. The van der Waals surface area contributed by atoms with Gasteiger partial charge in [0.25, 0.3) is 0 Å². The third-order valence-electron chi connectivity index (χ3n) is 2.03. The van der Waals surface area contributed by atoms with Gasteiger partial charge in [0.2, 0.25) is 10.0 Å². The normalized spacial score (nSPS) is 12.3. The van der Waals surface area contributed by atoms with Crippen LogP contribution in [0.25, 0.3) is 0 Å². The number of sulfonamides is 1. The average Bonchev–Trinajstić information content (AvgIpc) is 2.20. The first-order chi connectivity index (χ1) is 8.11. The maximum atomic E-state index is 11.7. The van der Waals surface area contributed by atoms with Gasteiger partial charge in [0, 0.05) is 6.26 Å². The van der Waals surface area contributed by atoms with Crippen LogP contribution in [0, 0.1) is 0 Å². The summed E-state index contributed by atoms with van der Waals surface area (Å²) in [6.07, 6.45) is 0.965. The molecular weight excluding hydrogens is 300 g/mol. The molecule has 0 radical (unpaired) electrons. The smallest absolute Gasteiger partial charge is 0.233 e. The van der Waals surface area contributed by atoms with Crippen LogP contribution in [0.5, 0.6) is 0 Å². The van der Waals surface area contributed by atoms with Crippen molar-refractivity contribution in [1.29, 1.82) is 0 Å². The van der Waals surface area contributed by atoms with Crippen LogP contribution in [-0.4, -0.2) is 34.6 Å². The summed E-state index contributed by atoms with van der Waals surface area (Å²) in [5.41, 5.74) is 5.82. The van der Waals surface area contributed by atoms with E-state index < -0.39 is 31.4 Å². The van der Waals surface area contributed by atoms with Gasteiger partial charge in [0.1, 0.15) is 9.84 Å². The number of nitrogens with two attached hydrogens (primary N) is 1. The summed E-state index contributed by atoms with van der Waals surface area (Å²) in [4.78, 5) is 0. The first-order valence-corrected chi connectivity index (χ1v) is 8.92. The minimum absolute atomic E-state index is 0.0627. The number of sulfone groups is 1. The summed E-state index contributed by atoms with van der Waals surface area (Å²) in [6.45, 7) is 0. The van der Waals surface area contributed by atoms with Crippen molar-refractivity contribution in [3.05, 3.63) is 23.2 Å². The van der Waals surface area contributed by atoms with E-state index in [1.165, 1.54) is 12.1 Å². The van der Waals surface area contributed by atoms with E-state index in [1.54, 1.807) is 6.07 Å². The maximum absolute atomic E-state index is 11.7. The molecule has 3 N–H and O–H groups in total. The number of hydrogen-bond acceptors (Lipinski definition) is 5. The lowest BCUT2D eigenvalue weighted by molar-refractivity contribution is 0.593. The zero-order valence-corrected chi connectivity index (χ0v) is 11.9. The molecular formula is C9H13ClN2O4S2. The second-order valence-electron chi connectivity index (χ2n) is 3.75. The zero-order valence-electron chi connectivity index (χ0n) is 9.55. The van der Waals surface area contributed by atoms with Gasteiger partial charge in [-0.3, -0.25) is 4.72 Å². The molecule has 1 rings (SSSR count). The molecule has 0 bridgehead atoms. The molecule has 0 aliphatic carbocycles. The van der Waals surface area contributed by atoms with Crippen molar-refractivity contribution in [3.63, 3.8) is 0 Å². The summed E-state index contributed by atoms with van der Waals surface area (Å²) in [5, 5.41) is 0.151. The summed E-state index contributed by atoms with van der Waals surface area (Å²) in [6, 6.07) is 4.54. The van der Waals surface area contributed by atoms with Crippen molar-refractivity contribution in [3.8, 4) is 0 Å². The molecule has 0 unspecified atom stereocenters. The Hall–Kier alpha value is -0.990. The zero-order chi connectivity index (χ0) is 14.0. The fourth-order valence-corrected chi connectivity index (χ4v) is 4.13. The van der Waals surface area contributed by atoms with Crippen molar-refractivity contribution in [1.82, 2.24) is 0 Å². The summed E-state index contributed by atoms with van der Waals surface area (Å²) in [7, 11) is -7.16.